The van der Waals surface area contributed by atoms with Crippen molar-refractivity contribution in [3.05, 3.63) is 29.8 Å². The number of methoxy groups -OCH3 is 1. The van der Waals surface area contributed by atoms with Crippen LogP contribution in [0.5, 0.6) is 5.75 Å². The quantitative estimate of drug-likeness (QED) is 0.685. The number of ether oxygens (including phenoxy) is 1. The van der Waals surface area contributed by atoms with Gasteiger partial charge in [0.1, 0.15) is 5.75 Å². The third kappa shape index (κ3) is 5.68. The Morgan fingerprint density at radius 1 is 1.33 bits per heavy atom. The fraction of sp³-hybridized carbons (Fsp3) is 0.500. The van der Waals surface area contributed by atoms with Crippen molar-refractivity contribution in [2.24, 2.45) is 0 Å². The molecule has 0 aliphatic carbocycles. The minimum absolute atomic E-state index is 0.119. The molecule has 0 fully saturated rings. The minimum Gasteiger partial charge on any atom is -0.497 e. The fourth-order valence-electron chi connectivity index (χ4n) is 1.69. The maximum Gasteiger partial charge on any atom is 0.220 e. The van der Waals surface area contributed by atoms with Gasteiger partial charge in [-0.05, 0) is 44.1 Å². The van der Waals surface area contributed by atoms with Crippen molar-refractivity contribution in [1.82, 2.24) is 10.6 Å². The third-order valence-corrected chi connectivity index (χ3v) is 2.70. The van der Waals surface area contributed by atoms with E-state index in [4.69, 9.17) is 4.74 Å². The van der Waals surface area contributed by atoms with Crippen LogP contribution in [0.15, 0.2) is 24.3 Å². The summed E-state index contributed by atoms with van der Waals surface area (Å²) < 4.78 is 5.15. The molecule has 0 unspecified atom stereocenters. The standard InChI is InChI=1S/C14H22N2O2/c1-15-9-4-7-14(17)16-10-8-12-5-3-6-13(11-12)18-2/h3,5-6,11,15H,4,7-10H2,1-2H3,(H,16,17). The van der Waals surface area contributed by atoms with Gasteiger partial charge in [-0.15, -0.1) is 0 Å². The Morgan fingerprint density at radius 3 is 2.89 bits per heavy atom. The lowest BCUT2D eigenvalue weighted by molar-refractivity contribution is -0.121. The first kappa shape index (κ1) is 14.5. The lowest BCUT2D eigenvalue weighted by Crippen LogP contribution is -2.26. The topological polar surface area (TPSA) is 50.4 Å². The summed E-state index contributed by atoms with van der Waals surface area (Å²) in [4.78, 5) is 11.5. The Kier molecular flexibility index (Phi) is 6.87. The Morgan fingerprint density at radius 2 is 2.17 bits per heavy atom. The summed E-state index contributed by atoms with van der Waals surface area (Å²) in [5.74, 6) is 0.973. The number of hydrogen-bond acceptors (Lipinski definition) is 3. The van der Waals surface area contributed by atoms with Gasteiger partial charge in [0.2, 0.25) is 5.91 Å². The molecule has 0 radical (unpaired) electrons. The SMILES string of the molecule is CNCCCC(=O)NCCc1cccc(OC)c1. The number of benzene rings is 1. The second-order valence-corrected chi connectivity index (χ2v) is 4.16. The fourth-order valence-corrected chi connectivity index (χ4v) is 1.69. The van der Waals surface area contributed by atoms with E-state index in [0.717, 1.165) is 25.1 Å². The number of carbonyl (C=O) groups is 1. The average molecular weight is 250 g/mol. The van der Waals surface area contributed by atoms with Gasteiger partial charge in [-0.2, -0.15) is 0 Å². The molecule has 0 bridgehead atoms. The minimum atomic E-state index is 0.119. The zero-order valence-electron chi connectivity index (χ0n) is 11.2. The van der Waals surface area contributed by atoms with Crippen molar-refractivity contribution < 1.29 is 9.53 Å². The molecule has 100 valence electrons. The van der Waals surface area contributed by atoms with Crippen molar-refractivity contribution in [3.8, 4) is 5.75 Å². The van der Waals surface area contributed by atoms with Crippen LogP contribution in [0.2, 0.25) is 0 Å². The highest BCUT2D eigenvalue weighted by Gasteiger charge is 2.01. The molecular weight excluding hydrogens is 228 g/mol. The van der Waals surface area contributed by atoms with E-state index in [2.05, 4.69) is 10.6 Å². The lowest BCUT2D eigenvalue weighted by atomic mass is 10.1. The van der Waals surface area contributed by atoms with Crippen LogP contribution in [0.4, 0.5) is 0 Å². The van der Waals surface area contributed by atoms with Gasteiger partial charge < -0.3 is 15.4 Å². The zero-order chi connectivity index (χ0) is 13.2. The molecule has 2 N–H and O–H groups in total. The first-order valence-corrected chi connectivity index (χ1v) is 6.30. The Bertz CT molecular complexity index is 367. The van der Waals surface area contributed by atoms with E-state index in [9.17, 15) is 4.79 Å². The summed E-state index contributed by atoms with van der Waals surface area (Å²) in [5.41, 5.74) is 1.17. The number of carbonyl (C=O) groups excluding carboxylic acids is 1. The molecule has 0 saturated heterocycles. The molecule has 0 saturated carbocycles. The van der Waals surface area contributed by atoms with Crippen LogP contribution in [0.1, 0.15) is 18.4 Å². The Labute approximate surface area is 109 Å². The monoisotopic (exact) mass is 250 g/mol. The molecule has 18 heavy (non-hydrogen) atoms. The molecule has 0 aliphatic rings. The van der Waals surface area contributed by atoms with Gasteiger partial charge in [0.05, 0.1) is 7.11 Å². The highest BCUT2D eigenvalue weighted by Crippen LogP contribution is 2.12. The van der Waals surface area contributed by atoms with Crippen molar-refractivity contribution in [3.63, 3.8) is 0 Å². The number of amides is 1. The molecule has 0 spiro atoms. The van der Waals surface area contributed by atoms with Crippen molar-refractivity contribution in [2.45, 2.75) is 19.3 Å². The van der Waals surface area contributed by atoms with Gasteiger partial charge in [-0.1, -0.05) is 12.1 Å². The van der Waals surface area contributed by atoms with E-state index in [-0.39, 0.29) is 5.91 Å². The zero-order valence-corrected chi connectivity index (χ0v) is 11.2. The van der Waals surface area contributed by atoms with Crippen LogP contribution in [0.3, 0.4) is 0 Å². The molecular formula is C14H22N2O2. The summed E-state index contributed by atoms with van der Waals surface area (Å²) in [7, 11) is 3.54. The van der Waals surface area contributed by atoms with Crippen molar-refractivity contribution in [1.29, 1.82) is 0 Å². The molecule has 1 amide bonds. The second kappa shape index (κ2) is 8.53. The molecule has 0 atom stereocenters. The van der Waals surface area contributed by atoms with Gasteiger partial charge in [-0.25, -0.2) is 0 Å². The van der Waals surface area contributed by atoms with E-state index in [1.807, 2.05) is 31.3 Å². The molecule has 1 aromatic rings. The second-order valence-electron chi connectivity index (χ2n) is 4.16. The molecule has 0 aromatic heterocycles. The lowest BCUT2D eigenvalue weighted by Gasteiger charge is -2.06. The molecule has 4 nitrogen and oxygen atoms in total. The highest BCUT2D eigenvalue weighted by atomic mass is 16.5. The molecule has 1 aromatic carbocycles. The largest absolute Gasteiger partial charge is 0.497 e. The summed E-state index contributed by atoms with van der Waals surface area (Å²) in [6.07, 6.45) is 2.29. The van der Waals surface area contributed by atoms with E-state index < -0.39 is 0 Å². The molecule has 4 heteroatoms. The first-order chi connectivity index (χ1) is 8.76. The van der Waals surface area contributed by atoms with E-state index >= 15 is 0 Å². The molecule has 0 heterocycles. The summed E-state index contributed by atoms with van der Waals surface area (Å²) in [5, 5.41) is 5.94. The predicted molar refractivity (Wildman–Crippen MR) is 72.9 cm³/mol. The molecule has 0 aliphatic heterocycles. The van der Waals surface area contributed by atoms with E-state index in [1.165, 1.54) is 5.56 Å². The maximum atomic E-state index is 11.5. The number of nitrogens with one attached hydrogen (secondary N) is 2. The summed E-state index contributed by atoms with van der Waals surface area (Å²) in [6.45, 7) is 1.55. The predicted octanol–water partition coefficient (Wildman–Crippen LogP) is 1.35. The molecule has 1 rings (SSSR count). The van der Waals surface area contributed by atoms with Gasteiger partial charge >= 0.3 is 0 Å². The number of hydrogen-bond donors (Lipinski definition) is 2. The summed E-state index contributed by atoms with van der Waals surface area (Å²) >= 11 is 0. The van der Waals surface area contributed by atoms with Gasteiger partial charge in [-0.3, -0.25) is 4.79 Å². The maximum absolute atomic E-state index is 11.5. The van der Waals surface area contributed by atoms with Crippen LogP contribution >= 0.6 is 0 Å². The van der Waals surface area contributed by atoms with Crippen LogP contribution in [0, 0.1) is 0 Å². The highest BCUT2D eigenvalue weighted by molar-refractivity contribution is 5.75. The first-order valence-electron chi connectivity index (χ1n) is 6.30. The van der Waals surface area contributed by atoms with Crippen LogP contribution < -0.4 is 15.4 Å². The van der Waals surface area contributed by atoms with Gasteiger partial charge in [0.15, 0.2) is 0 Å². The smallest absolute Gasteiger partial charge is 0.220 e. The van der Waals surface area contributed by atoms with Crippen LogP contribution in [0.25, 0.3) is 0 Å². The normalized spacial score (nSPS) is 10.1. The van der Waals surface area contributed by atoms with Gasteiger partial charge in [0, 0.05) is 13.0 Å². The van der Waals surface area contributed by atoms with Gasteiger partial charge in [0.25, 0.3) is 0 Å². The van der Waals surface area contributed by atoms with E-state index in [0.29, 0.717) is 13.0 Å². The van der Waals surface area contributed by atoms with Crippen LogP contribution in [-0.2, 0) is 11.2 Å². The Hall–Kier alpha value is -1.55. The van der Waals surface area contributed by atoms with Crippen LogP contribution in [-0.4, -0.2) is 33.2 Å². The Balaban J connectivity index is 2.22. The van der Waals surface area contributed by atoms with E-state index in [1.54, 1.807) is 7.11 Å². The summed E-state index contributed by atoms with van der Waals surface area (Å²) in [6, 6.07) is 7.91. The van der Waals surface area contributed by atoms with Crippen molar-refractivity contribution in [2.75, 3.05) is 27.2 Å². The van der Waals surface area contributed by atoms with Crippen molar-refractivity contribution >= 4 is 5.91 Å². The number of rotatable bonds is 8. The third-order valence-electron chi connectivity index (χ3n) is 2.70. The average Bonchev–Trinajstić information content (AvgIpc) is 2.39.